The molecule has 35 valence electrons. The van der Waals surface area contributed by atoms with Crippen LogP contribution in [0.15, 0.2) is 0 Å². The highest BCUT2D eigenvalue weighted by atomic mass is 24.3. The van der Waals surface area contributed by atoms with Crippen molar-refractivity contribution in [2.45, 2.75) is 6.42 Å². The summed E-state index contributed by atoms with van der Waals surface area (Å²) in [5.41, 5.74) is 0. The lowest BCUT2D eigenvalue weighted by atomic mass is 10.5. The molecule has 1 nitrogen and oxygen atoms in total. The number of hydrogen-bond donors (Lipinski definition) is 0. The summed E-state index contributed by atoms with van der Waals surface area (Å²) in [7, 11) is 1.67. The summed E-state index contributed by atoms with van der Waals surface area (Å²) >= 11 is 0. The van der Waals surface area contributed by atoms with Crippen molar-refractivity contribution in [2.75, 3.05) is 13.7 Å². The molecular formula is C4H11MgO. The lowest BCUT2D eigenvalue weighted by Gasteiger charge is -1.84. The first-order valence-corrected chi connectivity index (χ1v) is 1.70. The fourth-order valence-corrected chi connectivity index (χ4v) is 0.144. The third-order valence-electron chi connectivity index (χ3n) is 0.348. The van der Waals surface area contributed by atoms with E-state index in [0.717, 1.165) is 13.0 Å². The fourth-order valence-electron chi connectivity index (χ4n) is 0.144. The molecule has 0 aromatic carbocycles. The second kappa shape index (κ2) is 9.21. The molecule has 0 spiro atoms. The molecule has 0 fully saturated rings. The highest BCUT2D eigenvalue weighted by molar-refractivity contribution is 5.75. The largest absolute Gasteiger partial charge is 0.385 e. The van der Waals surface area contributed by atoms with Crippen molar-refractivity contribution >= 4 is 23.1 Å². The van der Waals surface area contributed by atoms with Gasteiger partial charge in [-0.05, 0) is 6.42 Å². The van der Waals surface area contributed by atoms with Gasteiger partial charge in [-0.15, -0.1) is 0 Å². The van der Waals surface area contributed by atoms with Gasteiger partial charge in [-0.3, -0.25) is 0 Å². The second-order valence-corrected chi connectivity index (χ2v) is 0.846. The van der Waals surface area contributed by atoms with Crippen LogP contribution in [0.4, 0.5) is 0 Å². The van der Waals surface area contributed by atoms with Gasteiger partial charge in [0.25, 0.3) is 0 Å². The molecule has 2 heteroatoms. The molecule has 0 aromatic rings. The first-order valence-electron chi connectivity index (χ1n) is 1.70. The van der Waals surface area contributed by atoms with E-state index in [1.165, 1.54) is 0 Å². The van der Waals surface area contributed by atoms with Crippen molar-refractivity contribution < 1.29 is 4.74 Å². The summed E-state index contributed by atoms with van der Waals surface area (Å²) in [5.74, 6) is 0. The average Bonchev–Trinajstić information content (AvgIpc) is 1.41. The Morgan fingerprint density at radius 2 is 2.17 bits per heavy atom. The molecule has 0 aliphatic carbocycles. The van der Waals surface area contributed by atoms with E-state index < -0.39 is 0 Å². The van der Waals surface area contributed by atoms with Crippen molar-refractivity contribution in [3.05, 3.63) is 6.92 Å². The van der Waals surface area contributed by atoms with Gasteiger partial charge in [0, 0.05) is 13.7 Å². The summed E-state index contributed by atoms with van der Waals surface area (Å²) in [6, 6.07) is 0. The molecule has 0 amide bonds. The van der Waals surface area contributed by atoms with Crippen molar-refractivity contribution in [2.24, 2.45) is 0 Å². The van der Waals surface area contributed by atoms with E-state index in [1.54, 1.807) is 7.11 Å². The Kier molecular flexibility index (Phi) is 15.2. The Hall–Kier alpha value is 0.726. The molecule has 0 atom stereocenters. The third kappa shape index (κ3) is 8.83. The van der Waals surface area contributed by atoms with Crippen LogP contribution < -0.4 is 0 Å². The van der Waals surface area contributed by atoms with Gasteiger partial charge in [-0.2, -0.15) is 0 Å². The van der Waals surface area contributed by atoms with E-state index in [0.29, 0.717) is 0 Å². The molecule has 0 aliphatic rings. The Labute approximate surface area is 55.2 Å². The topological polar surface area (TPSA) is 9.23 Å². The van der Waals surface area contributed by atoms with Gasteiger partial charge in [0.2, 0.25) is 0 Å². The Morgan fingerprint density at radius 3 is 2.17 bits per heavy atom. The average molecular weight is 99.4 g/mol. The summed E-state index contributed by atoms with van der Waals surface area (Å²) in [5, 5.41) is 0. The Bertz CT molecular complexity index is 15.0. The third-order valence-corrected chi connectivity index (χ3v) is 0.348. The molecule has 1 radical (unpaired) electrons. The molecule has 0 saturated heterocycles. The van der Waals surface area contributed by atoms with Crippen LogP contribution in [-0.4, -0.2) is 36.8 Å². The van der Waals surface area contributed by atoms with Gasteiger partial charge < -0.3 is 4.74 Å². The molecule has 0 aromatic heterocycles. The molecule has 0 N–H and O–H groups in total. The van der Waals surface area contributed by atoms with E-state index >= 15 is 0 Å². The summed E-state index contributed by atoms with van der Waals surface area (Å²) in [4.78, 5) is 0. The van der Waals surface area contributed by atoms with Gasteiger partial charge in [-0.1, -0.05) is 6.92 Å². The number of hydrogen-bond acceptors (Lipinski definition) is 1. The highest BCUT2D eigenvalue weighted by Gasteiger charge is 1.66. The smallest absolute Gasteiger partial charge is 0.316 e. The van der Waals surface area contributed by atoms with E-state index in [1.807, 2.05) is 0 Å². The van der Waals surface area contributed by atoms with E-state index in [9.17, 15) is 0 Å². The van der Waals surface area contributed by atoms with E-state index in [2.05, 4.69) is 11.7 Å². The molecular weight excluding hydrogens is 88.3 g/mol. The summed E-state index contributed by atoms with van der Waals surface area (Å²) in [6.07, 6.45) is 0.872. The zero-order valence-electron chi connectivity index (χ0n) is 3.53. The van der Waals surface area contributed by atoms with Crippen LogP contribution >= 0.6 is 0 Å². The number of ether oxygens (including phenoxy) is 1. The molecule has 0 heterocycles. The monoisotopic (exact) mass is 99.1 g/mol. The number of rotatable bonds is 2. The van der Waals surface area contributed by atoms with Crippen molar-refractivity contribution in [1.29, 1.82) is 0 Å². The van der Waals surface area contributed by atoms with Crippen molar-refractivity contribution in [1.82, 2.24) is 0 Å². The maximum atomic E-state index is 4.63. The van der Waals surface area contributed by atoms with Crippen LogP contribution in [-0.2, 0) is 4.74 Å². The maximum Gasteiger partial charge on any atom is 0.316 e. The van der Waals surface area contributed by atoms with Crippen molar-refractivity contribution in [3.8, 4) is 0 Å². The van der Waals surface area contributed by atoms with Crippen LogP contribution in [0.5, 0.6) is 0 Å². The van der Waals surface area contributed by atoms with E-state index in [-0.39, 0.29) is 23.1 Å². The summed E-state index contributed by atoms with van der Waals surface area (Å²) < 4.78 is 4.63. The molecule has 0 saturated carbocycles. The molecule has 0 rings (SSSR count). The zero-order valence-corrected chi connectivity index (χ0v) is 3.53. The summed E-state index contributed by atoms with van der Waals surface area (Å²) in [6.45, 7) is 4.33. The van der Waals surface area contributed by atoms with Gasteiger partial charge in [0.05, 0.1) is 0 Å². The van der Waals surface area contributed by atoms with Gasteiger partial charge in [0.1, 0.15) is 0 Å². The fraction of sp³-hybridized carbons (Fsp3) is 0.750. The van der Waals surface area contributed by atoms with Crippen LogP contribution in [0.25, 0.3) is 0 Å². The normalized spacial score (nSPS) is 7.00. The van der Waals surface area contributed by atoms with Crippen LogP contribution in [0.1, 0.15) is 6.42 Å². The van der Waals surface area contributed by atoms with E-state index in [4.69, 9.17) is 0 Å². The van der Waals surface area contributed by atoms with Crippen LogP contribution in [0, 0.1) is 6.92 Å². The van der Waals surface area contributed by atoms with Crippen molar-refractivity contribution in [3.63, 3.8) is 0 Å². The SMILES string of the molecule is [CH2]CCOC.[MgH2]. The molecule has 0 bridgehead atoms. The van der Waals surface area contributed by atoms with Gasteiger partial charge in [-0.25, -0.2) is 0 Å². The predicted octanol–water partition coefficient (Wildman–Crippen LogP) is -0.0592. The van der Waals surface area contributed by atoms with Gasteiger partial charge >= 0.3 is 23.1 Å². The zero-order chi connectivity index (χ0) is 4.12. The van der Waals surface area contributed by atoms with Crippen LogP contribution in [0.3, 0.4) is 0 Å². The first kappa shape index (κ1) is 9.87. The molecule has 6 heavy (non-hydrogen) atoms. The Morgan fingerprint density at radius 1 is 1.67 bits per heavy atom. The van der Waals surface area contributed by atoms with Gasteiger partial charge in [0.15, 0.2) is 0 Å². The standard InChI is InChI=1S/C4H9O.Mg.2H/c1-3-4-5-2;;;/h1,3-4H2,2H3;;;. The lowest BCUT2D eigenvalue weighted by molar-refractivity contribution is 0.204. The first-order chi connectivity index (χ1) is 2.41. The second-order valence-electron chi connectivity index (χ2n) is 0.846. The number of methoxy groups -OCH3 is 1. The maximum absolute atomic E-state index is 4.63. The lowest BCUT2D eigenvalue weighted by Crippen LogP contribution is -1.81. The highest BCUT2D eigenvalue weighted by Crippen LogP contribution is 1.69. The molecule has 0 unspecified atom stereocenters. The van der Waals surface area contributed by atoms with Crippen LogP contribution in [0.2, 0.25) is 0 Å². The minimum absolute atomic E-state index is 0. The Balaban J connectivity index is 0. The minimum Gasteiger partial charge on any atom is -0.385 e. The minimum atomic E-state index is 0. The molecule has 0 aliphatic heterocycles. The quantitative estimate of drug-likeness (QED) is 0.441. The predicted molar refractivity (Wildman–Crippen MR) is 30.4 cm³/mol.